The third kappa shape index (κ3) is 3.18. The van der Waals surface area contributed by atoms with E-state index in [0.29, 0.717) is 6.04 Å². The van der Waals surface area contributed by atoms with Gasteiger partial charge in [-0.05, 0) is 20.3 Å². The van der Waals surface area contributed by atoms with Gasteiger partial charge in [0.1, 0.15) is 0 Å². The lowest BCUT2D eigenvalue weighted by molar-refractivity contribution is -0.134. The van der Waals surface area contributed by atoms with Gasteiger partial charge in [0.15, 0.2) is 0 Å². The molecule has 1 amide bonds. The van der Waals surface area contributed by atoms with Crippen molar-refractivity contribution in [2.45, 2.75) is 39.3 Å². The minimum Gasteiger partial charge on any atom is -0.339 e. The number of carbonyl (C=O) groups is 1. The van der Waals surface area contributed by atoms with E-state index in [4.69, 9.17) is 5.73 Å². The number of hydrogen-bond acceptors (Lipinski definition) is 3. The van der Waals surface area contributed by atoms with E-state index in [1.165, 1.54) is 0 Å². The van der Waals surface area contributed by atoms with Gasteiger partial charge in [0.25, 0.3) is 0 Å². The molecule has 0 spiro atoms. The second kappa shape index (κ2) is 5.47. The van der Waals surface area contributed by atoms with Crippen molar-refractivity contribution < 1.29 is 4.79 Å². The van der Waals surface area contributed by atoms with Crippen LogP contribution in [0.1, 0.15) is 27.2 Å². The van der Waals surface area contributed by atoms with Crippen LogP contribution in [0, 0.1) is 0 Å². The predicted octanol–water partition coefficient (Wildman–Crippen LogP) is 0.276. The molecule has 88 valence electrons. The molecular formula is C11H23N3O. The van der Waals surface area contributed by atoms with E-state index in [1.54, 1.807) is 0 Å². The molecule has 0 aromatic rings. The second-order valence-electron chi connectivity index (χ2n) is 4.47. The van der Waals surface area contributed by atoms with Gasteiger partial charge in [-0.2, -0.15) is 0 Å². The molecule has 0 aromatic carbocycles. The summed E-state index contributed by atoms with van der Waals surface area (Å²) in [6, 6.07) is 0.262. The average Bonchev–Trinajstić information content (AvgIpc) is 2.27. The van der Waals surface area contributed by atoms with Crippen LogP contribution in [0.2, 0.25) is 0 Å². The number of nitrogens with two attached hydrogens (primary N) is 1. The van der Waals surface area contributed by atoms with E-state index in [0.717, 1.165) is 32.6 Å². The van der Waals surface area contributed by atoms with Gasteiger partial charge in [0.2, 0.25) is 5.91 Å². The molecule has 0 aliphatic carbocycles. The van der Waals surface area contributed by atoms with Crippen LogP contribution < -0.4 is 5.73 Å². The predicted molar refractivity (Wildman–Crippen MR) is 61.6 cm³/mol. The van der Waals surface area contributed by atoms with Crippen LogP contribution in [0.15, 0.2) is 0 Å². The molecule has 0 aromatic heterocycles. The summed E-state index contributed by atoms with van der Waals surface area (Å²) in [5.41, 5.74) is 5.74. The summed E-state index contributed by atoms with van der Waals surface area (Å²) in [5, 5.41) is 0. The number of hydrogen-bond donors (Lipinski definition) is 1. The van der Waals surface area contributed by atoms with E-state index in [1.807, 2.05) is 11.8 Å². The van der Waals surface area contributed by atoms with Crippen LogP contribution in [-0.4, -0.2) is 54.0 Å². The zero-order valence-corrected chi connectivity index (χ0v) is 10.1. The fourth-order valence-electron chi connectivity index (χ4n) is 1.87. The van der Waals surface area contributed by atoms with Crippen molar-refractivity contribution in [3.63, 3.8) is 0 Å². The topological polar surface area (TPSA) is 49.6 Å². The average molecular weight is 213 g/mol. The highest BCUT2D eigenvalue weighted by Crippen LogP contribution is 2.07. The fourth-order valence-corrected chi connectivity index (χ4v) is 1.87. The molecule has 1 atom stereocenters. The number of amides is 1. The number of rotatable bonds is 3. The van der Waals surface area contributed by atoms with Crippen molar-refractivity contribution in [3.05, 3.63) is 0 Å². The Bertz CT molecular complexity index is 210. The van der Waals surface area contributed by atoms with Gasteiger partial charge in [-0.15, -0.1) is 0 Å². The van der Waals surface area contributed by atoms with Crippen molar-refractivity contribution >= 4 is 5.91 Å². The first-order valence-electron chi connectivity index (χ1n) is 5.84. The Labute approximate surface area is 92.4 Å². The quantitative estimate of drug-likeness (QED) is 0.732. The maximum absolute atomic E-state index is 11.8. The standard InChI is InChI=1S/C11H23N3O/c1-4-10(12)11(15)14-7-5-13(6-8-14)9(2)3/h9-10H,4-8,12H2,1-3H3/t10-/m0/s1. The highest BCUT2D eigenvalue weighted by atomic mass is 16.2. The third-order valence-corrected chi connectivity index (χ3v) is 3.11. The molecule has 1 rings (SSSR count). The molecule has 0 unspecified atom stereocenters. The van der Waals surface area contributed by atoms with Gasteiger partial charge >= 0.3 is 0 Å². The lowest BCUT2D eigenvalue weighted by Gasteiger charge is -2.37. The van der Waals surface area contributed by atoms with Gasteiger partial charge in [-0.25, -0.2) is 0 Å². The molecule has 4 nitrogen and oxygen atoms in total. The lowest BCUT2D eigenvalue weighted by atomic mass is 10.2. The van der Waals surface area contributed by atoms with E-state index in [2.05, 4.69) is 18.7 Å². The summed E-state index contributed by atoms with van der Waals surface area (Å²) in [7, 11) is 0. The Kier molecular flexibility index (Phi) is 4.54. The zero-order valence-electron chi connectivity index (χ0n) is 10.1. The minimum absolute atomic E-state index is 0.112. The first-order chi connectivity index (χ1) is 7.06. The van der Waals surface area contributed by atoms with Gasteiger partial charge < -0.3 is 10.6 Å². The van der Waals surface area contributed by atoms with Crippen molar-refractivity contribution in [2.75, 3.05) is 26.2 Å². The SMILES string of the molecule is CC[C@H](N)C(=O)N1CCN(C(C)C)CC1. The van der Waals surface area contributed by atoms with Crippen LogP contribution in [0.4, 0.5) is 0 Å². The summed E-state index contributed by atoms with van der Waals surface area (Å²) in [6.45, 7) is 9.92. The summed E-state index contributed by atoms with van der Waals surface area (Å²) in [6.07, 6.45) is 0.725. The van der Waals surface area contributed by atoms with Crippen LogP contribution in [0.25, 0.3) is 0 Å². The smallest absolute Gasteiger partial charge is 0.239 e. The molecule has 2 N–H and O–H groups in total. The second-order valence-corrected chi connectivity index (χ2v) is 4.47. The summed E-state index contributed by atoms with van der Waals surface area (Å²) >= 11 is 0. The summed E-state index contributed by atoms with van der Waals surface area (Å²) in [5.74, 6) is 0.112. The summed E-state index contributed by atoms with van der Waals surface area (Å²) < 4.78 is 0. The van der Waals surface area contributed by atoms with E-state index in [-0.39, 0.29) is 11.9 Å². The van der Waals surface area contributed by atoms with Crippen LogP contribution in [0.3, 0.4) is 0 Å². The summed E-state index contributed by atoms with van der Waals surface area (Å²) in [4.78, 5) is 16.1. The molecule has 15 heavy (non-hydrogen) atoms. The molecule has 1 aliphatic rings. The molecule has 1 saturated heterocycles. The fraction of sp³-hybridized carbons (Fsp3) is 0.909. The van der Waals surface area contributed by atoms with Crippen LogP contribution in [-0.2, 0) is 4.79 Å². The first kappa shape index (κ1) is 12.5. The molecular weight excluding hydrogens is 190 g/mol. The van der Waals surface area contributed by atoms with Crippen LogP contribution >= 0.6 is 0 Å². The van der Waals surface area contributed by atoms with E-state index in [9.17, 15) is 4.79 Å². The molecule has 0 radical (unpaired) electrons. The van der Waals surface area contributed by atoms with E-state index < -0.39 is 0 Å². The number of nitrogens with zero attached hydrogens (tertiary/aromatic N) is 2. The number of piperazine rings is 1. The Morgan fingerprint density at radius 1 is 1.27 bits per heavy atom. The first-order valence-corrected chi connectivity index (χ1v) is 5.84. The van der Waals surface area contributed by atoms with Crippen molar-refractivity contribution in [1.82, 2.24) is 9.80 Å². The molecule has 4 heteroatoms. The maximum atomic E-state index is 11.8. The lowest BCUT2D eigenvalue weighted by Crippen LogP contribution is -2.54. The van der Waals surface area contributed by atoms with Crippen molar-refractivity contribution in [1.29, 1.82) is 0 Å². The normalized spacial score (nSPS) is 20.7. The van der Waals surface area contributed by atoms with Crippen LogP contribution in [0.5, 0.6) is 0 Å². The maximum Gasteiger partial charge on any atom is 0.239 e. The van der Waals surface area contributed by atoms with Gasteiger partial charge in [0.05, 0.1) is 6.04 Å². The van der Waals surface area contributed by atoms with Gasteiger partial charge in [-0.3, -0.25) is 9.69 Å². The highest BCUT2D eigenvalue weighted by Gasteiger charge is 2.24. The Morgan fingerprint density at radius 2 is 1.80 bits per heavy atom. The van der Waals surface area contributed by atoms with Crippen molar-refractivity contribution in [2.24, 2.45) is 5.73 Å². The zero-order chi connectivity index (χ0) is 11.4. The van der Waals surface area contributed by atoms with Crippen molar-refractivity contribution in [3.8, 4) is 0 Å². The monoisotopic (exact) mass is 213 g/mol. The molecule has 1 fully saturated rings. The molecule has 0 bridgehead atoms. The van der Waals surface area contributed by atoms with Gasteiger partial charge in [0, 0.05) is 32.2 Å². The minimum atomic E-state index is -0.310. The molecule has 1 aliphatic heterocycles. The van der Waals surface area contributed by atoms with Gasteiger partial charge in [-0.1, -0.05) is 6.92 Å². The Balaban J connectivity index is 2.40. The number of carbonyl (C=O) groups excluding carboxylic acids is 1. The largest absolute Gasteiger partial charge is 0.339 e. The van der Waals surface area contributed by atoms with E-state index >= 15 is 0 Å². The molecule has 0 saturated carbocycles. The molecule has 1 heterocycles. The third-order valence-electron chi connectivity index (χ3n) is 3.11. The Morgan fingerprint density at radius 3 is 2.20 bits per heavy atom. The highest BCUT2D eigenvalue weighted by molar-refractivity contribution is 5.81. The Hall–Kier alpha value is -0.610.